The molecule has 0 aromatic carbocycles. The maximum Gasteiger partial charge on any atom is 0.0893 e. The third-order valence-corrected chi connectivity index (χ3v) is 2.30. The lowest BCUT2D eigenvalue weighted by molar-refractivity contribution is 0.261. The van der Waals surface area contributed by atoms with Gasteiger partial charge in [-0.05, 0) is 19.4 Å². The Morgan fingerprint density at radius 1 is 1.14 bits per heavy atom. The molecule has 1 aliphatic rings. The van der Waals surface area contributed by atoms with Gasteiger partial charge in [0.25, 0.3) is 0 Å². The number of halogens is 1. The van der Waals surface area contributed by atoms with Crippen LogP contribution >= 0.6 is 24.0 Å². The third-order valence-electron chi connectivity index (χ3n) is 2.30. The van der Waals surface area contributed by atoms with Crippen molar-refractivity contribution >= 4 is 24.0 Å². The van der Waals surface area contributed by atoms with E-state index >= 15 is 0 Å². The first-order valence-electron chi connectivity index (χ1n) is 5.23. The van der Waals surface area contributed by atoms with Crippen molar-refractivity contribution < 1.29 is 0 Å². The first-order valence-corrected chi connectivity index (χ1v) is 5.23. The molecule has 0 saturated heterocycles. The highest BCUT2D eigenvalue weighted by Crippen LogP contribution is 2.07. The van der Waals surface area contributed by atoms with Gasteiger partial charge in [-0.25, -0.2) is 0 Å². The van der Waals surface area contributed by atoms with E-state index in [0.717, 1.165) is 26.2 Å². The Morgan fingerprint density at radius 3 is 2.21 bits per heavy atom. The highest BCUT2D eigenvalue weighted by molar-refractivity contribution is 14.0. The van der Waals surface area contributed by atoms with E-state index in [0.29, 0.717) is 0 Å². The van der Waals surface area contributed by atoms with Crippen LogP contribution in [-0.2, 0) is 0 Å². The molecule has 0 aromatic heterocycles. The summed E-state index contributed by atoms with van der Waals surface area (Å²) in [6, 6.07) is 0. The largest absolute Gasteiger partial charge is 0.359 e. The van der Waals surface area contributed by atoms with Crippen molar-refractivity contribution in [1.82, 2.24) is 9.80 Å². The van der Waals surface area contributed by atoms with Crippen molar-refractivity contribution in [3.05, 3.63) is 12.4 Å². The number of nitrogens with zero attached hydrogens (tertiary/aromatic N) is 2. The lowest BCUT2D eigenvalue weighted by Crippen LogP contribution is -2.27. The van der Waals surface area contributed by atoms with Gasteiger partial charge >= 0.3 is 0 Å². The number of nitrogens with two attached hydrogens (primary N) is 1. The summed E-state index contributed by atoms with van der Waals surface area (Å²) in [6.07, 6.45) is 8.01. The summed E-state index contributed by atoms with van der Waals surface area (Å²) in [5, 5.41) is 0. The van der Waals surface area contributed by atoms with Gasteiger partial charge in [-0.2, -0.15) is 0 Å². The molecule has 0 spiro atoms. The van der Waals surface area contributed by atoms with E-state index in [9.17, 15) is 0 Å². The third kappa shape index (κ3) is 5.05. The van der Waals surface area contributed by atoms with Gasteiger partial charge in [-0.15, -0.1) is 24.0 Å². The molecule has 0 atom stereocenters. The predicted molar refractivity (Wildman–Crippen MR) is 71.4 cm³/mol. The first-order chi connectivity index (χ1) is 6.36. The molecule has 3 nitrogen and oxygen atoms in total. The summed E-state index contributed by atoms with van der Waals surface area (Å²) in [4.78, 5) is 4.68. The van der Waals surface area contributed by atoms with Gasteiger partial charge in [0.1, 0.15) is 0 Å². The molecule has 4 heteroatoms. The molecule has 0 radical (unpaired) electrons. The second kappa shape index (κ2) is 8.35. The van der Waals surface area contributed by atoms with Crippen LogP contribution in [0, 0.1) is 0 Å². The van der Waals surface area contributed by atoms with Gasteiger partial charge in [-0.1, -0.05) is 13.3 Å². The molecule has 1 heterocycles. The number of hydrogen-bond acceptors (Lipinski definition) is 3. The molecule has 1 aliphatic heterocycles. The maximum absolute atomic E-state index is 5.46. The molecule has 0 saturated carbocycles. The fourth-order valence-electron chi connectivity index (χ4n) is 1.46. The average molecular weight is 311 g/mol. The molecular weight excluding hydrogens is 289 g/mol. The molecule has 0 amide bonds. The Kier molecular flexibility index (Phi) is 8.37. The summed E-state index contributed by atoms with van der Waals surface area (Å²) in [5.74, 6) is 0. The Hall–Kier alpha value is 0.0300. The van der Waals surface area contributed by atoms with Crippen molar-refractivity contribution in [3.63, 3.8) is 0 Å². The fourth-order valence-corrected chi connectivity index (χ4v) is 1.46. The summed E-state index contributed by atoms with van der Waals surface area (Å²) in [5.41, 5.74) is 5.46. The smallest absolute Gasteiger partial charge is 0.0893 e. The van der Waals surface area contributed by atoms with Crippen LogP contribution in [0.4, 0.5) is 0 Å². The van der Waals surface area contributed by atoms with E-state index in [2.05, 4.69) is 29.1 Å². The first kappa shape index (κ1) is 14.0. The van der Waals surface area contributed by atoms with Crippen molar-refractivity contribution in [2.75, 3.05) is 26.3 Å². The van der Waals surface area contributed by atoms with Gasteiger partial charge in [0.05, 0.1) is 6.67 Å². The van der Waals surface area contributed by atoms with Crippen LogP contribution in [0.5, 0.6) is 0 Å². The normalized spacial score (nSPS) is 14.7. The van der Waals surface area contributed by atoms with E-state index in [-0.39, 0.29) is 24.0 Å². The zero-order valence-corrected chi connectivity index (χ0v) is 11.3. The minimum absolute atomic E-state index is 0. The second-order valence-corrected chi connectivity index (χ2v) is 3.56. The van der Waals surface area contributed by atoms with Crippen molar-refractivity contribution in [2.45, 2.75) is 26.2 Å². The number of rotatable bonds is 6. The van der Waals surface area contributed by atoms with Gasteiger partial charge in [-0.3, -0.25) is 0 Å². The summed E-state index contributed by atoms with van der Waals surface area (Å²) in [7, 11) is 0. The topological polar surface area (TPSA) is 32.5 Å². The average Bonchev–Trinajstić information content (AvgIpc) is 2.59. The summed E-state index contributed by atoms with van der Waals surface area (Å²) >= 11 is 0. The van der Waals surface area contributed by atoms with Crippen LogP contribution in [-0.4, -0.2) is 36.1 Å². The molecule has 0 unspecified atom stereocenters. The molecule has 0 aliphatic carbocycles. The molecule has 0 bridgehead atoms. The highest BCUT2D eigenvalue weighted by atomic mass is 127. The van der Waals surface area contributed by atoms with Gasteiger partial charge in [0.2, 0.25) is 0 Å². The maximum atomic E-state index is 5.46. The van der Waals surface area contributed by atoms with Crippen LogP contribution < -0.4 is 5.73 Å². The minimum atomic E-state index is 0. The van der Waals surface area contributed by atoms with E-state index in [1.54, 1.807) is 0 Å². The SMILES string of the molecule is CCCCN1C=CN(CCCN)C1.I. The molecule has 14 heavy (non-hydrogen) atoms. The molecule has 84 valence electrons. The monoisotopic (exact) mass is 311 g/mol. The van der Waals surface area contributed by atoms with Crippen LogP contribution in [0.2, 0.25) is 0 Å². The van der Waals surface area contributed by atoms with Crippen molar-refractivity contribution in [1.29, 1.82) is 0 Å². The van der Waals surface area contributed by atoms with Gasteiger partial charge < -0.3 is 15.5 Å². The molecule has 1 rings (SSSR count). The van der Waals surface area contributed by atoms with Crippen LogP contribution in [0.15, 0.2) is 12.4 Å². The Labute approximate surface area is 104 Å². The van der Waals surface area contributed by atoms with Crippen LogP contribution in [0.3, 0.4) is 0 Å². The van der Waals surface area contributed by atoms with E-state index in [1.165, 1.54) is 19.4 Å². The zero-order valence-electron chi connectivity index (χ0n) is 8.98. The molecular formula is C10H22IN3. The Morgan fingerprint density at radius 2 is 1.71 bits per heavy atom. The lowest BCUT2D eigenvalue weighted by Gasteiger charge is -2.20. The van der Waals surface area contributed by atoms with Crippen LogP contribution in [0.25, 0.3) is 0 Å². The van der Waals surface area contributed by atoms with E-state index in [1.807, 2.05) is 0 Å². The van der Waals surface area contributed by atoms with E-state index < -0.39 is 0 Å². The predicted octanol–water partition coefficient (Wildman–Crippen LogP) is 1.80. The van der Waals surface area contributed by atoms with E-state index in [4.69, 9.17) is 5.73 Å². The highest BCUT2D eigenvalue weighted by Gasteiger charge is 2.09. The van der Waals surface area contributed by atoms with Gasteiger partial charge in [0.15, 0.2) is 0 Å². The second-order valence-electron chi connectivity index (χ2n) is 3.56. The van der Waals surface area contributed by atoms with Crippen molar-refractivity contribution in [2.24, 2.45) is 5.73 Å². The quantitative estimate of drug-likeness (QED) is 0.759. The molecule has 2 N–H and O–H groups in total. The van der Waals surface area contributed by atoms with Crippen molar-refractivity contribution in [3.8, 4) is 0 Å². The minimum Gasteiger partial charge on any atom is -0.359 e. The van der Waals surface area contributed by atoms with Gasteiger partial charge in [0, 0.05) is 25.5 Å². The summed E-state index contributed by atoms with van der Waals surface area (Å²) < 4.78 is 0. The van der Waals surface area contributed by atoms with Crippen LogP contribution in [0.1, 0.15) is 26.2 Å². The zero-order chi connectivity index (χ0) is 9.52. The summed E-state index contributed by atoms with van der Waals surface area (Å²) in [6.45, 7) is 6.35. The number of unbranched alkanes of at least 4 members (excludes halogenated alkanes) is 1. The standard InChI is InChI=1S/C10H21N3.HI/c1-2-3-6-12-8-9-13(10-12)7-4-5-11;/h8-9H,2-7,10-11H2,1H3;1H. The Bertz CT molecular complexity index is 145. The lowest BCUT2D eigenvalue weighted by atomic mass is 10.3. The Balaban J connectivity index is 0.00000169. The molecule has 0 aromatic rings. The number of hydrogen-bond donors (Lipinski definition) is 1. The fraction of sp³-hybridized carbons (Fsp3) is 0.800. The molecule has 0 fully saturated rings.